The number of aryl methyl sites for hydroxylation is 1. The number of carbonyl (C=O) groups is 2. The van der Waals surface area contributed by atoms with Gasteiger partial charge in [0.15, 0.2) is 11.2 Å². The third kappa shape index (κ3) is 6.92. The second kappa shape index (κ2) is 13.8. The zero-order valence-electron chi connectivity index (χ0n) is 26.1. The zero-order chi connectivity index (χ0) is 32.9. The van der Waals surface area contributed by atoms with Gasteiger partial charge in [-0.3, -0.25) is 14.1 Å². The molecule has 1 aromatic heterocycles. The summed E-state index contributed by atoms with van der Waals surface area (Å²) in [5.41, 5.74) is 2.20. The summed E-state index contributed by atoms with van der Waals surface area (Å²) in [5.74, 6) is -0.201. The van der Waals surface area contributed by atoms with Gasteiger partial charge in [0.05, 0.1) is 24.1 Å². The van der Waals surface area contributed by atoms with Gasteiger partial charge < -0.3 is 24.1 Å². The number of esters is 1. The van der Waals surface area contributed by atoms with Gasteiger partial charge in [-0.05, 0) is 75.1 Å². The number of hydrogen-bond donors (Lipinski definition) is 2. The Labute approximate surface area is 268 Å². The maximum absolute atomic E-state index is 13.8. The smallest absolute Gasteiger partial charge is 0.374 e. The van der Waals surface area contributed by atoms with Gasteiger partial charge in [-0.25, -0.2) is 0 Å². The SMILES string of the molecule is CCOC(=O)C1(C(=O)NCCS(=O)(=O)O)CC(/C=C/c2oc3ccccc3[n+]2CC)=CC(=C/C=C2\Oc3ccccc3N2CC)/C1. The maximum Gasteiger partial charge on any atom is 0.374 e. The normalized spacial score (nSPS) is 19.8. The van der Waals surface area contributed by atoms with Gasteiger partial charge in [-0.1, -0.05) is 36.4 Å². The summed E-state index contributed by atoms with van der Waals surface area (Å²) >= 11 is 0. The highest BCUT2D eigenvalue weighted by atomic mass is 32.2. The van der Waals surface area contributed by atoms with Crippen LogP contribution in [0.4, 0.5) is 5.69 Å². The Bertz CT molecular complexity index is 1870. The van der Waals surface area contributed by atoms with E-state index in [4.69, 9.17) is 13.9 Å². The van der Waals surface area contributed by atoms with Crippen LogP contribution in [0, 0.1) is 5.41 Å². The van der Waals surface area contributed by atoms with E-state index in [0.29, 0.717) is 36.0 Å². The van der Waals surface area contributed by atoms with Gasteiger partial charge >= 0.3 is 11.9 Å². The molecular weight excluding hydrogens is 610 g/mol. The number of nitrogens with zero attached hydrogens (tertiary/aromatic N) is 2. The number of aromatic nitrogens is 1. The van der Waals surface area contributed by atoms with Gasteiger partial charge in [0.25, 0.3) is 15.6 Å². The first-order valence-electron chi connectivity index (χ1n) is 15.2. The Morgan fingerprint density at radius 1 is 1.07 bits per heavy atom. The van der Waals surface area contributed by atoms with E-state index in [-0.39, 0.29) is 26.0 Å². The van der Waals surface area contributed by atoms with Crippen molar-refractivity contribution in [3.05, 3.63) is 95.8 Å². The molecule has 2 heterocycles. The maximum atomic E-state index is 13.8. The molecule has 1 unspecified atom stereocenters. The molecule has 0 radical (unpaired) electrons. The number of fused-ring (bicyclic) bond motifs is 2. The molecule has 1 aliphatic carbocycles. The minimum Gasteiger partial charge on any atom is -0.465 e. The third-order valence-electron chi connectivity index (χ3n) is 7.91. The van der Waals surface area contributed by atoms with Gasteiger partial charge in [0.1, 0.15) is 6.54 Å². The van der Waals surface area contributed by atoms with E-state index >= 15 is 0 Å². The summed E-state index contributed by atoms with van der Waals surface area (Å²) in [5, 5.41) is 2.54. The number of oxazole rings is 1. The highest BCUT2D eigenvalue weighted by Gasteiger charge is 2.49. The van der Waals surface area contributed by atoms with Crippen LogP contribution in [0.3, 0.4) is 0 Å². The van der Waals surface area contributed by atoms with Gasteiger partial charge in [-0.15, -0.1) is 0 Å². The van der Waals surface area contributed by atoms with Crippen LogP contribution in [0.1, 0.15) is 39.5 Å². The minimum atomic E-state index is -4.33. The fourth-order valence-corrected chi connectivity index (χ4v) is 6.17. The molecule has 12 heteroatoms. The van der Waals surface area contributed by atoms with E-state index < -0.39 is 33.2 Å². The molecule has 3 aromatic rings. The molecule has 2 aromatic carbocycles. The summed E-state index contributed by atoms with van der Waals surface area (Å²) in [6, 6.07) is 15.4. The first-order chi connectivity index (χ1) is 22.1. The number of nitrogens with one attached hydrogen (secondary N) is 1. The van der Waals surface area contributed by atoms with Crippen molar-refractivity contribution in [1.29, 1.82) is 0 Å². The van der Waals surface area contributed by atoms with Crippen molar-refractivity contribution in [2.24, 2.45) is 5.41 Å². The Balaban J connectivity index is 1.55. The number of allylic oxidation sites excluding steroid dienone is 6. The number of anilines is 1. The van der Waals surface area contributed by atoms with E-state index in [1.54, 1.807) is 19.1 Å². The van der Waals surface area contributed by atoms with Crippen LogP contribution >= 0.6 is 0 Å². The van der Waals surface area contributed by atoms with Crippen LogP contribution < -0.4 is 19.5 Å². The zero-order valence-corrected chi connectivity index (χ0v) is 26.9. The van der Waals surface area contributed by atoms with Crippen LogP contribution in [0.5, 0.6) is 5.75 Å². The van der Waals surface area contributed by atoms with E-state index in [1.165, 1.54) is 0 Å². The predicted molar refractivity (Wildman–Crippen MR) is 173 cm³/mol. The fraction of sp³-hybridized carbons (Fsp3) is 0.324. The lowest BCUT2D eigenvalue weighted by Gasteiger charge is -2.34. The molecule has 2 N–H and O–H groups in total. The number of amides is 1. The van der Waals surface area contributed by atoms with E-state index in [9.17, 15) is 22.6 Å². The summed E-state index contributed by atoms with van der Waals surface area (Å²) in [7, 11) is -4.33. The Hall–Kier alpha value is -4.68. The Morgan fingerprint density at radius 3 is 2.57 bits per heavy atom. The van der Waals surface area contributed by atoms with Crippen molar-refractivity contribution < 1.29 is 41.0 Å². The van der Waals surface area contributed by atoms with Crippen LogP contribution in [0.2, 0.25) is 0 Å². The lowest BCUT2D eigenvalue weighted by atomic mass is 9.71. The highest BCUT2D eigenvalue weighted by Crippen LogP contribution is 2.42. The van der Waals surface area contributed by atoms with Crippen molar-refractivity contribution in [2.45, 2.75) is 40.2 Å². The number of carbonyl (C=O) groups excluding carboxylic acids is 2. The first kappa shape index (κ1) is 32.7. The quantitative estimate of drug-likeness (QED) is 0.131. The molecule has 242 valence electrons. The molecule has 0 spiro atoms. The average Bonchev–Trinajstić information content (AvgIpc) is 3.59. The average molecular weight is 649 g/mol. The molecule has 0 saturated carbocycles. The summed E-state index contributed by atoms with van der Waals surface area (Å²) in [6.07, 6.45) is 9.12. The van der Waals surface area contributed by atoms with E-state index in [0.717, 1.165) is 22.5 Å². The lowest BCUT2D eigenvalue weighted by molar-refractivity contribution is -0.674. The van der Waals surface area contributed by atoms with Crippen LogP contribution in [-0.4, -0.2) is 50.3 Å². The van der Waals surface area contributed by atoms with Crippen molar-refractivity contribution in [2.75, 3.05) is 30.3 Å². The van der Waals surface area contributed by atoms with E-state index in [1.807, 2.05) is 90.1 Å². The van der Waals surface area contributed by atoms with E-state index in [2.05, 4.69) is 5.32 Å². The number of ether oxygens (including phenoxy) is 2. The van der Waals surface area contributed by atoms with Crippen molar-refractivity contribution in [3.63, 3.8) is 0 Å². The molecule has 5 rings (SSSR count). The molecular formula is C34H38N3O8S+. The molecule has 1 aliphatic heterocycles. The molecule has 1 amide bonds. The van der Waals surface area contributed by atoms with Crippen molar-refractivity contribution >= 4 is 44.9 Å². The number of para-hydroxylation sites is 4. The van der Waals surface area contributed by atoms with Gasteiger partial charge in [-0.2, -0.15) is 13.0 Å². The van der Waals surface area contributed by atoms with Gasteiger partial charge in [0, 0.05) is 19.2 Å². The molecule has 0 bridgehead atoms. The number of hydrogen-bond acceptors (Lipinski definition) is 8. The standard InChI is InChI=1S/C34H37N3O8S/c1-4-36-26-11-7-9-13-28(26)44-30(36)17-15-24-21-25(16-18-31-37(5-2)27-12-8-10-14-29(27)45-31)23-34(22-24,33(39)43-6-3)32(38)35-19-20-46(40,41)42/h7-18,21H,4-6,19-20,22-23H2,1-3H3,(H-,35,38,40,41,42)/p+1. The Kier molecular flexibility index (Phi) is 9.78. The predicted octanol–water partition coefficient (Wildman–Crippen LogP) is 4.71. The van der Waals surface area contributed by atoms with Crippen molar-refractivity contribution in [1.82, 2.24) is 5.32 Å². The summed E-state index contributed by atoms with van der Waals surface area (Å²) < 4.78 is 51.5. The molecule has 11 nitrogen and oxygen atoms in total. The Morgan fingerprint density at radius 2 is 1.83 bits per heavy atom. The largest absolute Gasteiger partial charge is 0.465 e. The number of benzene rings is 2. The molecule has 1 atom stereocenters. The monoisotopic (exact) mass is 648 g/mol. The van der Waals surface area contributed by atoms with Crippen LogP contribution in [0.15, 0.2) is 94.3 Å². The molecule has 0 saturated heterocycles. The third-order valence-corrected chi connectivity index (χ3v) is 8.63. The number of rotatable bonds is 11. The van der Waals surface area contributed by atoms with Crippen LogP contribution in [0.25, 0.3) is 17.2 Å². The van der Waals surface area contributed by atoms with Gasteiger partial charge in [0.2, 0.25) is 17.4 Å². The van der Waals surface area contributed by atoms with Crippen LogP contribution in [-0.2, 0) is 31.0 Å². The second-order valence-electron chi connectivity index (χ2n) is 11.0. The summed E-state index contributed by atoms with van der Waals surface area (Å²) in [4.78, 5) is 29.4. The van der Waals surface area contributed by atoms with Crippen molar-refractivity contribution in [3.8, 4) is 5.75 Å². The minimum absolute atomic E-state index is 0.0106. The lowest BCUT2D eigenvalue weighted by Crippen LogP contribution is -2.49. The fourth-order valence-electron chi connectivity index (χ4n) is 5.81. The molecule has 2 aliphatic rings. The topological polar surface area (TPSA) is 139 Å². The highest BCUT2D eigenvalue weighted by molar-refractivity contribution is 7.85. The molecule has 46 heavy (non-hydrogen) atoms. The second-order valence-corrected chi connectivity index (χ2v) is 12.5. The first-order valence-corrected chi connectivity index (χ1v) is 16.9. The summed E-state index contributed by atoms with van der Waals surface area (Å²) in [6.45, 7) is 6.68. The molecule has 0 fully saturated rings.